The molecular formula is C15H21N3OS. The van der Waals surface area contributed by atoms with Gasteiger partial charge in [0.25, 0.3) is 0 Å². The summed E-state index contributed by atoms with van der Waals surface area (Å²) in [6.45, 7) is 5.26. The third-order valence-electron chi connectivity index (χ3n) is 4.32. The summed E-state index contributed by atoms with van der Waals surface area (Å²) in [7, 11) is 1.83. The monoisotopic (exact) mass is 291 g/mol. The topological polar surface area (TPSA) is 51.3 Å². The van der Waals surface area contributed by atoms with Gasteiger partial charge in [0.2, 0.25) is 0 Å². The van der Waals surface area contributed by atoms with Crippen molar-refractivity contribution >= 4 is 21.6 Å². The zero-order chi connectivity index (χ0) is 14.3. The molecule has 1 fully saturated rings. The van der Waals surface area contributed by atoms with E-state index in [9.17, 15) is 4.79 Å². The number of nitrogens with two attached hydrogens (primary N) is 1. The average Bonchev–Trinajstić information content (AvgIpc) is 2.96. The van der Waals surface area contributed by atoms with Gasteiger partial charge in [-0.3, -0.25) is 9.69 Å². The van der Waals surface area contributed by atoms with Gasteiger partial charge < -0.3 is 10.3 Å². The molecule has 5 heteroatoms. The van der Waals surface area contributed by atoms with Gasteiger partial charge in [-0.15, -0.1) is 0 Å². The van der Waals surface area contributed by atoms with Crippen molar-refractivity contribution in [3.63, 3.8) is 0 Å². The highest BCUT2D eigenvalue weighted by Gasteiger charge is 2.25. The van der Waals surface area contributed by atoms with Crippen molar-refractivity contribution in [2.75, 3.05) is 13.1 Å². The fourth-order valence-corrected chi connectivity index (χ4v) is 3.91. The summed E-state index contributed by atoms with van der Waals surface area (Å²) in [5.74, 6) is 0.617. The Hall–Kier alpha value is -1.17. The minimum atomic E-state index is 0.107. The van der Waals surface area contributed by atoms with E-state index in [1.54, 1.807) is 4.57 Å². The summed E-state index contributed by atoms with van der Waals surface area (Å²) in [4.78, 5) is 14.2. The molecule has 0 saturated carbocycles. The largest absolute Gasteiger partial charge is 0.328 e. The number of hydrogen-bond acceptors (Lipinski definition) is 4. The van der Waals surface area contributed by atoms with Gasteiger partial charge in [0, 0.05) is 26.2 Å². The average molecular weight is 291 g/mol. The Morgan fingerprint density at radius 1 is 1.50 bits per heavy atom. The van der Waals surface area contributed by atoms with Gasteiger partial charge in [-0.05, 0) is 43.5 Å². The fourth-order valence-electron chi connectivity index (χ4n) is 2.97. The summed E-state index contributed by atoms with van der Waals surface area (Å²) in [5, 5.41) is 0. The number of hydrogen-bond donors (Lipinski definition) is 1. The molecule has 20 heavy (non-hydrogen) atoms. The molecule has 1 aromatic carbocycles. The lowest BCUT2D eigenvalue weighted by atomic mass is 10.0. The second-order valence-electron chi connectivity index (χ2n) is 5.87. The lowest BCUT2D eigenvalue weighted by molar-refractivity contribution is 0.308. The standard InChI is InChI=1S/C15H21N3OS/c1-10(16)12-5-6-18(9-12)8-11-3-4-13-14(7-11)20-15(19)17(13)2/h3-4,7,10,12H,5-6,8-9,16H2,1-2H3. The summed E-state index contributed by atoms with van der Waals surface area (Å²) in [5.41, 5.74) is 8.29. The maximum atomic E-state index is 11.7. The van der Waals surface area contributed by atoms with Crippen LogP contribution in [0.5, 0.6) is 0 Å². The fraction of sp³-hybridized carbons (Fsp3) is 0.533. The van der Waals surface area contributed by atoms with Crippen LogP contribution in [0.15, 0.2) is 23.0 Å². The SMILES string of the molecule is CC(N)C1CCN(Cc2ccc3c(c2)sc(=O)n3C)C1. The quantitative estimate of drug-likeness (QED) is 0.937. The first kappa shape index (κ1) is 13.8. The van der Waals surface area contributed by atoms with Crippen molar-refractivity contribution in [2.24, 2.45) is 18.7 Å². The first-order valence-electron chi connectivity index (χ1n) is 7.11. The molecule has 1 saturated heterocycles. The molecule has 2 N–H and O–H groups in total. The lowest BCUT2D eigenvalue weighted by Crippen LogP contribution is -2.29. The van der Waals surface area contributed by atoms with Crippen molar-refractivity contribution in [1.29, 1.82) is 0 Å². The van der Waals surface area contributed by atoms with E-state index in [1.165, 1.54) is 23.3 Å². The molecule has 1 aliphatic heterocycles. The highest BCUT2D eigenvalue weighted by Crippen LogP contribution is 2.23. The van der Waals surface area contributed by atoms with Crippen LogP contribution in [0.1, 0.15) is 18.9 Å². The molecule has 0 aliphatic carbocycles. The van der Waals surface area contributed by atoms with Crippen molar-refractivity contribution in [1.82, 2.24) is 9.47 Å². The van der Waals surface area contributed by atoms with E-state index in [2.05, 4.69) is 30.0 Å². The van der Waals surface area contributed by atoms with Gasteiger partial charge >= 0.3 is 4.87 Å². The summed E-state index contributed by atoms with van der Waals surface area (Å²) in [6.07, 6.45) is 1.19. The Morgan fingerprint density at radius 3 is 3.00 bits per heavy atom. The van der Waals surface area contributed by atoms with Crippen molar-refractivity contribution in [3.05, 3.63) is 33.4 Å². The highest BCUT2D eigenvalue weighted by atomic mass is 32.1. The van der Waals surface area contributed by atoms with Crippen LogP contribution in [0.25, 0.3) is 10.2 Å². The van der Waals surface area contributed by atoms with Crippen molar-refractivity contribution < 1.29 is 0 Å². The Morgan fingerprint density at radius 2 is 2.30 bits per heavy atom. The van der Waals surface area contributed by atoms with Crippen LogP contribution in [0, 0.1) is 5.92 Å². The molecule has 2 heterocycles. The van der Waals surface area contributed by atoms with E-state index in [4.69, 9.17) is 5.73 Å². The van der Waals surface area contributed by atoms with Gasteiger partial charge in [-0.25, -0.2) is 0 Å². The number of rotatable bonds is 3. The number of aromatic nitrogens is 1. The predicted octanol–water partition coefficient (Wildman–Crippen LogP) is 1.77. The van der Waals surface area contributed by atoms with E-state index in [-0.39, 0.29) is 10.9 Å². The number of fused-ring (bicyclic) bond motifs is 1. The minimum Gasteiger partial charge on any atom is -0.328 e. The van der Waals surface area contributed by atoms with E-state index in [0.29, 0.717) is 5.92 Å². The maximum absolute atomic E-state index is 11.7. The van der Waals surface area contributed by atoms with Gasteiger partial charge in [0.15, 0.2) is 0 Å². The Bertz CT molecular complexity index is 673. The van der Waals surface area contributed by atoms with Gasteiger partial charge in [-0.2, -0.15) is 0 Å². The van der Waals surface area contributed by atoms with Crippen LogP contribution in [-0.4, -0.2) is 28.6 Å². The normalized spacial score (nSPS) is 21.6. The molecular weight excluding hydrogens is 270 g/mol. The number of nitrogens with zero attached hydrogens (tertiary/aromatic N) is 2. The van der Waals surface area contributed by atoms with Crippen LogP contribution in [0.3, 0.4) is 0 Å². The number of benzene rings is 1. The van der Waals surface area contributed by atoms with Crippen LogP contribution in [0.4, 0.5) is 0 Å². The molecule has 2 aromatic rings. The third kappa shape index (κ3) is 2.53. The molecule has 108 valence electrons. The summed E-state index contributed by atoms with van der Waals surface area (Å²) in [6, 6.07) is 6.62. The van der Waals surface area contributed by atoms with E-state index < -0.39 is 0 Å². The van der Waals surface area contributed by atoms with E-state index >= 15 is 0 Å². The van der Waals surface area contributed by atoms with Gasteiger partial charge in [0.05, 0.1) is 10.2 Å². The predicted molar refractivity (Wildman–Crippen MR) is 84.1 cm³/mol. The maximum Gasteiger partial charge on any atom is 0.307 e. The second-order valence-corrected chi connectivity index (χ2v) is 6.87. The zero-order valence-corrected chi connectivity index (χ0v) is 12.8. The third-order valence-corrected chi connectivity index (χ3v) is 5.31. The second kappa shape index (κ2) is 5.31. The molecule has 2 atom stereocenters. The summed E-state index contributed by atoms with van der Waals surface area (Å²) >= 11 is 1.33. The van der Waals surface area contributed by atoms with E-state index in [1.807, 2.05) is 7.05 Å². The van der Waals surface area contributed by atoms with Gasteiger partial charge in [0.1, 0.15) is 0 Å². The van der Waals surface area contributed by atoms with Crippen LogP contribution in [-0.2, 0) is 13.6 Å². The first-order chi connectivity index (χ1) is 9.54. The molecule has 0 bridgehead atoms. The lowest BCUT2D eigenvalue weighted by Gasteiger charge is -2.17. The van der Waals surface area contributed by atoms with Gasteiger partial charge in [-0.1, -0.05) is 17.4 Å². The Kier molecular flexibility index (Phi) is 3.67. The van der Waals surface area contributed by atoms with Crippen molar-refractivity contribution in [3.8, 4) is 0 Å². The molecule has 1 aliphatic rings. The number of aryl methyl sites for hydroxylation is 1. The van der Waals surface area contributed by atoms with Crippen LogP contribution < -0.4 is 10.6 Å². The molecule has 3 rings (SSSR count). The number of thiazole rings is 1. The smallest absolute Gasteiger partial charge is 0.307 e. The van der Waals surface area contributed by atoms with Crippen LogP contribution >= 0.6 is 11.3 Å². The molecule has 0 radical (unpaired) electrons. The highest BCUT2D eigenvalue weighted by molar-refractivity contribution is 7.16. The molecule has 1 aromatic heterocycles. The Balaban J connectivity index is 1.77. The summed E-state index contributed by atoms with van der Waals surface area (Å²) < 4.78 is 2.80. The first-order valence-corrected chi connectivity index (χ1v) is 7.92. The van der Waals surface area contributed by atoms with Crippen LogP contribution in [0.2, 0.25) is 0 Å². The van der Waals surface area contributed by atoms with Crippen molar-refractivity contribution in [2.45, 2.75) is 25.9 Å². The molecule has 0 amide bonds. The molecule has 2 unspecified atom stereocenters. The Labute approximate surface area is 122 Å². The minimum absolute atomic E-state index is 0.107. The molecule has 0 spiro atoms. The number of likely N-dealkylation sites (tertiary alicyclic amines) is 1. The van der Waals surface area contributed by atoms with E-state index in [0.717, 1.165) is 29.9 Å². The zero-order valence-electron chi connectivity index (χ0n) is 12.0. The molecule has 4 nitrogen and oxygen atoms in total.